The summed E-state index contributed by atoms with van der Waals surface area (Å²) in [6, 6.07) is 47.5. The van der Waals surface area contributed by atoms with Crippen LogP contribution in [0.5, 0.6) is 5.75 Å². The van der Waals surface area contributed by atoms with Gasteiger partial charge in [0.1, 0.15) is 16.8 Å². The Morgan fingerprint density at radius 3 is 1.51 bits per heavy atom. The first-order valence-electron chi connectivity index (χ1n) is 14.7. The highest BCUT2D eigenvalue weighted by molar-refractivity contribution is 14.1. The van der Waals surface area contributed by atoms with Gasteiger partial charge in [-0.05, 0) is 129 Å². The molecule has 0 unspecified atom stereocenters. The summed E-state index contributed by atoms with van der Waals surface area (Å²) in [4.78, 5) is 8.97. The van der Waals surface area contributed by atoms with E-state index in [4.69, 9.17) is 18.5 Å². The predicted molar refractivity (Wildman–Crippen MR) is 214 cm³/mol. The Morgan fingerprint density at radius 1 is 0.551 bits per heavy atom. The molecule has 1 N–H and O–H groups in total. The van der Waals surface area contributed by atoms with Crippen molar-refractivity contribution in [3.63, 3.8) is 0 Å². The number of halogens is 3. The zero-order valence-corrected chi connectivity index (χ0v) is 30.5. The topological polar surface area (TPSA) is 81.5 Å². The molecule has 10 heteroatoms. The molecule has 2 aromatic heterocycles. The van der Waals surface area contributed by atoms with Crippen molar-refractivity contribution in [2.45, 2.75) is 7.43 Å². The first-order valence-corrected chi connectivity index (χ1v) is 17.3. The number of aromatic nitrogens is 2. The van der Waals surface area contributed by atoms with Gasteiger partial charge in [0.05, 0.1) is 4.47 Å². The first kappa shape index (κ1) is 36.1. The van der Waals surface area contributed by atoms with Crippen LogP contribution < -0.4 is 4.65 Å². The Kier molecular flexibility index (Phi) is 12.8. The maximum atomic E-state index is 8.28. The van der Waals surface area contributed by atoms with Crippen LogP contribution in [0.3, 0.4) is 0 Å². The number of oxazole rings is 2. The summed E-state index contributed by atoms with van der Waals surface area (Å²) in [5, 5.41) is 8.28. The van der Waals surface area contributed by atoms with Gasteiger partial charge in [0.2, 0.25) is 11.8 Å². The van der Waals surface area contributed by atoms with Crippen LogP contribution in [0.2, 0.25) is 0 Å². The third kappa shape index (κ3) is 9.27. The van der Waals surface area contributed by atoms with E-state index >= 15 is 0 Å². The molecule has 49 heavy (non-hydrogen) atoms. The number of rotatable bonds is 5. The molecule has 8 aromatic rings. The summed E-state index contributed by atoms with van der Waals surface area (Å²) in [6.07, 6.45) is 0. The van der Waals surface area contributed by atoms with Gasteiger partial charge >= 0.3 is 7.69 Å². The van der Waals surface area contributed by atoms with Crippen molar-refractivity contribution >= 4 is 84.3 Å². The normalized spacial score (nSPS) is 10.3. The van der Waals surface area contributed by atoms with Crippen molar-refractivity contribution in [1.82, 2.24) is 9.97 Å². The van der Waals surface area contributed by atoms with Crippen molar-refractivity contribution in [2.75, 3.05) is 0 Å². The summed E-state index contributed by atoms with van der Waals surface area (Å²) < 4.78 is 19.3. The van der Waals surface area contributed by atoms with Crippen molar-refractivity contribution in [3.8, 4) is 39.8 Å². The molecule has 6 nitrogen and oxygen atoms in total. The first-order chi connectivity index (χ1) is 23.5. The lowest BCUT2D eigenvalue weighted by Gasteiger charge is -2.05. The molecule has 1 radical (unpaired) electrons. The van der Waals surface area contributed by atoms with Gasteiger partial charge in [0, 0.05) is 19.2 Å². The van der Waals surface area contributed by atoms with Gasteiger partial charge in [-0.1, -0.05) is 90.1 Å². The Balaban J connectivity index is 0.000000153. The second-order valence-electron chi connectivity index (χ2n) is 10.2. The number of benzene rings is 6. The Labute approximate surface area is 315 Å². The second-order valence-corrected chi connectivity index (χ2v) is 13.1. The molecule has 2 heterocycles. The summed E-state index contributed by atoms with van der Waals surface area (Å²) in [5.41, 5.74) is 7.74. The minimum atomic E-state index is 0. The van der Waals surface area contributed by atoms with E-state index < -0.39 is 0 Å². The van der Waals surface area contributed by atoms with E-state index in [0.717, 1.165) is 47.8 Å². The van der Waals surface area contributed by atoms with E-state index in [1.165, 1.54) is 9.13 Å². The highest BCUT2D eigenvalue weighted by Gasteiger charge is 2.09. The second kappa shape index (κ2) is 17.4. The fourth-order valence-electron chi connectivity index (χ4n) is 4.67. The molecule has 0 saturated carbocycles. The number of hydrogen-bond acceptors (Lipinski definition) is 6. The van der Waals surface area contributed by atoms with Crippen molar-refractivity contribution in [3.05, 3.63) is 158 Å². The van der Waals surface area contributed by atoms with Gasteiger partial charge < -0.3 is 18.5 Å². The van der Waals surface area contributed by atoms with Crippen molar-refractivity contribution < 1.29 is 18.5 Å². The third-order valence-corrected chi connectivity index (χ3v) is 9.08. The van der Waals surface area contributed by atoms with Crippen LogP contribution in [0.25, 0.3) is 56.2 Å². The van der Waals surface area contributed by atoms with Crippen molar-refractivity contribution in [1.29, 1.82) is 0 Å². The SMILES string of the molecule is Brc1ccccc1-c1ccc(-c2nc3ccccc3o2)cc1.C.Ic1ccc(-c2nc3ccccc3o2)cc1.O[B]Oc1ccccc1Br. The van der Waals surface area contributed by atoms with E-state index in [1.807, 2.05) is 121 Å². The van der Waals surface area contributed by atoms with Gasteiger partial charge in [-0.25, -0.2) is 9.97 Å². The molecule has 0 aliphatic carbocycles. The summed E-state index contributed by atoms with van der Waals surface area (Å²) in [7, 11) is 0.653. The van der Waals surface area contributed by atoms with E-state index in [0.29, 0.717) is 25.2 Å². The maximum absolute atomic E-state index is 8.28. The molecular formula is C39H29BBr2IN2O4. The van der Waals surface area contributed by atoms with Gasteiger partial charge in [0.15, 0.2) is 11.2 Å². The monoisotopic (exact) mass is 885 g/mol. The number of nitrogens with zero attached hydrogens (tertiary/aromatic N) is 2. The van der Waals surface area contributed by atoms with Crippen LogP contribution in [0, 0.1) is 3.57 Å². The number of hydrogen-bond donors (Lipinski definition) is 1. The highest BCUT2D eigenvalue weighted by atomic mass is 127. The summed E-state index contributed by atoms with van der Waals surface area (Å²) in [5.74, 6) is 1.93. The Hall–Kier alpha value is -4.23. The molecule has 0 spiro atoms. The molecule has 0 amide bonds. The zero-order valence-electron chi connectivity index (χ0n) is 25.1. The minimum Gasteiger partial charge on any atom is -0.537 e. The van der Waals surface area contributed by atoms with Crippen LogP contribution in [0.4, 0.5) is 0 Å². The van der Waals surface area contributed by atoms with Crippen LogP contribution in [0.1, 0.15) is 7.43 Å². The molecule has 0 fully saturated rings. The lowest BCUT2D eigenvalue weighted by atomic mass is 10.0. The van der Waals surface area contributed by atoms with E-state index in [2.05, 4.69) is 82.6 Å². The Morgan fingerprint density at radius 2 is 1.00 bits per heavy atom. The van der Waals surface area contributed by atoms with Gasteiger partial charge in [-0.3, -0.25) is 0 Å². The summed E-state index contributed by atoms with van der Waals surface area (Å²) in [6.45, 7) is 0. The molecule has 8 rings (SSSR count). The fourth-order valence-corrected chi connectivity index (χ4v) is 5.92. The average Bonchev–Trinajstić information content (AvgIpc) is 3.76. The minimum absolute atomic E-state index is 0. The van der Waals surface area contributed by atoms with Crippen LogP contribution in [-0.2, 0) is 0 Å². The van der Waals surface area contributed by atoms with Gasteiger partial charge in [-0.2, -0.15) is 0 Å². The number of para-hydroxylation sites is 5. The molecule has 243 valence electrons. The lowest BCUT2D eigenvalue weighted by molar-refractivity contribution is 0.452. The van der Waals surface area contributed by atoms with E-state index in [1.54, 1.807) is 6.07 Å². The predicted octanol–water partition coefficient (Wildman–Crippen LogP) is 12.0. The zero-order chi connectivity index (χ0) is 33.3. The van der Waals surface area contributed by atoms with Crippen LogP contribution in [-0.4, -0.2) is 22.7 Å². The standard InChI is InChI=1S/C19H12BrNO.C13H8INO.C6H5BBrO2.CH4/c20-16-6-2-1-5-15(16)13-9-11-14(12-10-13)19-21-17-7-3-4-8-18(17)22-19;14-10-7-5-9(6-8-10)13-15-11-3-1-2-4-12(11)16-13;8-5-3-1-2-4-6(5)10-7-9;/h1-12H;1-8H;1-4,9H;1H4. The quantitative estimate of drug-likeness (QED) is 0.137. The molecule has 0 bridgehead atoms. The molecular weight excluding hydrogens is 858 g/mol. The molecule has 0 aliphatic rings. The summed E-state index contributed by atoms with van der Waals surface area (Å²) >= 11 is 9.11. The van der Waals surface area contributed by atoms with Crippen LogP contribution in [0.15, 0.2) is 163 Å². The highest BCUT2D eigenvalue weighted by Crippen LogP contribution is 2.31. The Bertz CT molecular complexity index is 2190. The van der Waals surface area contributed by atoms with E-state index in [9.17, 15) is 0 Å². The maximum Gasteiger partial charge on any atom is 0.569 e. The van der Waals surface area contributed by atoms with Crippen molar-refractivity contribution in [2.24, 2.45) is 0 Å². The van der Waals surface area contributed by atoms with Gasteiger partial charge in [0.25, 0.3) is 0 Å². The number of fused-ring (bicyclic) bond motifs is 2. The largest absolute Gasteiger partial charge is 0.569 e. The third-order valence-electron chi connectivity index (χ3n) is 7.01. The fraction of sp³-hybridized carbons (Fsp3) is 0.0256. The molecule has 0 saturated heterocycles. The van der Waals surface area contributed by atoms with E-state index in [-0.39, 0.29) is 7.43 Å². The smallest absolute Gasteiger partial charge is 0.537 e. The lowest BCUT2D eigenvalue weighted by Crippen LogP contribution is -1.99. The molecule has 0 atom stereocenters. The van der Waals surface area contributed by atoms with Gasteiger partial charge in [-0.15, -0.1) is 0 Å². The molecule has 0 aliphatic heterocycles. The average molecular weight is 887 g/mol. The molecule has 6 aromatic carbocycles. The van der Waals surface area contributed by atoms with Crippen LogP contribution >= 0.6 is 54.5 Å².